The van der Waals surface area contributed by atoms with Crippen molar-refractivity contribution in [2.45, 2.75) is 31.1 Å². The molecule has 0 unspecified atom stereocenters. The topological polar surface area (TPSA) is 359 Å². The van der Waals surface area contributed by atoms with Gasteiger partial charge in [-0.15, -0.1) is 4.33 Å². The van der Waals surface area contributed by atoms with Crippen LogP contribution in [0.3, 0.4) is 0 Å². The van der Waals surface area contributed by atoms with E-state index in [0.29, 0.717) is 69.3 Å². The van der Waals surface area contributed by atoms with Crippen LogP contribution in [0.25, 0.3) is 89.9 Å². The third kappa shape index (κ3) is 11.9. The maximum Gasteiger partial charge on any atom is 2.00 e. The van der Waals surface area contributed by atoms with Gasteiger partial charge in [0.25, 0.3) is 10.1 Å². The van der Waals surface area contributed by atoms with E-state index in [4.69, 9.17) is 50.9 Å². The number of pyridine rings is 2. The smallest absolute Gasteiger partial charge is 0.368 e. The molecule has 0 atom stereocenters. The molecular weight excluding hydrogens is 1070 g/mol. The number of nitrogen functional groups attached to an aromatic ring is 1. The van der Waals surface area contributed by atoms with E-state index >= 15 is 0 Å². The van der Waals surface area contributed by atoms with E-state index in [9.17, 15) is 21.4 Å². The van der Waals surface area contributed by atoms with Crippen LogP contribution in [0.5, 0.6) is 0 Å². The van der Waals surface area contributed by atoms with Crippen LogP contribution in [0.2, 0.25) is 0 Å². The van der Waals surface area contributed by atoms with E-state index in [-0.39, 0.29) is 66.0 Å². The van der Waals surface area contributed by atoms with Gasteiger partial charge in [0, 0.05) is 59.2 Å². The molecule has 0 saturated carbocycles. The molecule has 7 N–H and O–H groups in total. The molecule has 8 bridgehead atoms. The van der Waals surface area contributed by atoms with Crippen LogP contribution in [-0.2, 0) is 46.6 Å². The van der Waals surface area contributed by atoms with Crippen LogP contribution in [0.4, 0.5) is 23.5 Å². The van der Waals surface area contributed by atoms with Gasteiger partial charge in [0.05, 0.1) is 45.4 Å². The van der Waals surface area contributed by atoms with E-state index in [1.54, 1.807) is 12.4 Å². The molecule has 6 aromatic heterocycles. The van der Waals surface area contributed by atoms with Crippen molar-refractivity contribution in [3.63, 3.8) is 0 Å². The summed E-state index contributed by atoms with van der Waals surface area (Å²) in [7, 11) is -7.87. The molecule has 383 valence electrons. The van der Waals surface area contributed by atoms with Gasteiger partial charge < -0.3 is 46.3 Å². The Balaban J connectivity index is 0.000000213. The average molecular weight is 1110 g/mol. The number of benzene rings is 3. The number of rotatable bonds is 11. The second-order valence-electron chi connectivity index (χ2n) is 14.8. The van der Waals surface area contributed by atoms with Gasteiger partial charge >= 0.3 is 17.1 Å². The third-order valence-corrected chi connectivity index (χ3v) is 12.4. The monoisotopic (exact) mass is 1110 g/mol. The first-order chi connectivity index (χ1) is 34.8. The minimum Gasteiger partial charge on any atom is -0.368 e. The van der Waals surface area contributed by atoms with E-state index in [1.807, 2.05) is 86.6 Å². The minimum absolute atomic E-state index is 0. The zero-order chi connectivity index (χ0) is 50.6. The van der Waals surface area contributed by atoms with Crippen molar-refractivity contribution in [1.82, 2.24) is 69.5 Å². The second kappa shape index (κ2) is 23.0. The van der Waals surface area contributed by atoms with Gasteiger partial charge in [0.1, 0.15) is 23.0 Å². The molecule has 2 aliphatic heterocycles. The normalized spacial score (nSPS) is 11.4. The molecule has 25 nitrogen and oxygen atoms in total. The maximum absolute atomic E-state index is 11.4. The predicted octanol–water partition coefficient (Wildman–Crippen LogP) is 6.41. The molecular formula is C45H41CuN17O8S3. The Bertz CT molecular complexity index is 3630. The maximum atomic E-state index is 11.4. The number of hydrogen-bond acceptors (Lipinski definition) is 22. The Morgan fingerprint density at radius 3 is 1.59 bits per heavy atom. The molecule has 74 heavy (non-hydrogen) atoms. The largest absolute Gasteiger partial charge is 2.00 e. The summed E-state index contributed by atoms with van der Waals surface area (Å²) in [5.74, 6) is 1.52. The Morgan fingerprint density at radius 2 is 1.12 bits per heavy atom. The van der Waals surface area contributed by atoms with Gasteiger partial charge in [-0.25, -0.2) is 28.4 Å². The first-order valence-electron chi connectivity index (χ1n) is 21.3. The first kappa shape index (κ1) is 54.1. The molecule has 0 spiro atoms. The van der Waals surface area contributed by atoms with Crippen LogP contribution in [0.15, 0.2) is 113 Å². The summed E-state index contributed by atoms with van der Waals surface area (Å²) in [5, 5.41) is 20.7. The second-order valence-corrected chi connectivity index (χ2v) is 18.8. The number of nitrogens with zero attached hydrogens (tertiary/aromatic N) is 13. The van der Waals surface area contributed by atoms with Crippen LogP contribution in [0.1, 0.15) is 21.3 Å². The number of nitrogens with two attached hydrogens (primary N) is 1. The van der Waals surface area contributed by atoms with Gasteiger partial charge in [0.15, 0.2) is 0 Å². The van der Waals surface area contributed by atoms with Crippen LogP contribution < -0.4 is 31.1 Å². The molecule has 0 aliphatic carbocycles. The van der Waals surface area contributed by atoms with Crippen LogP contribution in [0, 0.1) is 0 Å². The van der Waals surface area contributed by atoms with Crippen LogP contribution in [-0.4, -0.2) is 101 Å². The molecule has 0 fully saturated rings. The quantitative estimate of drug-likeness (QED) is 0.0203. The Morgan fingerprint density at radius 1 is 0.635 bits per heavy atom. The fourth-order valence-electron chi connectivity index (χ4n) is 7.16. The van der Waals surface area contributed by atoms with E-state index in [0.717, 1.165) is 51.1 Å². The molecule has 11 rings (SSSR count). The van der Waals surface area contributed by atoms with E-state index in [2.05, 4.69) is 49.6 Å². The van der Waals surface area contributed by atoms with Crippen LogP contribution >= 0.6 is 12.0 Å². The average Bonchev–Trinajstić information content (AvgIpc) is 4.11. The number of nitrogens with one attached hydrogen (secondary N) is 3. The van der Waals surface area contributed by atoms with Gasteiger partial charge in [-0.3, -0.25) is 14.5 Å². The Kier molecular flexibility index (Phi) is 16.8. The third-order valence-electron chi connectivity index (χ3n) is 10.1. The SMILES string of the molecule is C.CC.CS(=O)(=O)NCCNc1nc(N)nc(Nc2cc(S(=O)(=O)O)ccc2SOOO)n1.[Cu+2].c1cnc2c(c1)-c1nc-2nc2[n-]c(nc3nc(nc4[n-]c(n1)c1ccccc41)-c1ncccc1-3)c1ccccc21. The number of aromatic nitrogens is 13. The fraction of sp³-hybridized carbons (Fsp3) is 0.133. The molecule has 8 heterocycles. The molecule has 29 heteroatoms. The summed E-state index contributed by atoms with van der Waals surface area (Å²) in [6.07, 6.45) is 4.45. The van der Waals surface area contributed by atoms with Crippen molar-refractivity contribution in [3.8, 4) is 45.8 Å². The van der Waals surface area contributed by atoms with Crippen molar-refractivity contribution in [2.24, 2.45) is 0 Å². The summed E-state index contributed by atoms with van der Waals surface area (Å²) in [6, 6.07) is 26.7. The van der Waals surface area contributed by atoms with Gasteiger partial charge in [-0.05, 0) is 64.0 Å². The van der Waals surface area contributed by atoms with E-state index < -0.39 is 25.0 Å². The summed E-state index contributed by atoms with van der Waals surface area (Å²) in [5.41, 5.74) is 10.5. The number of fused-ring (bicyclic) bond motifs is 20. The predicted molar refractivity (Wildman–Crippen MR) is 273 cm³/mol. The van der Waals surface area contributed by atoms with E-state index in [1.165, 1.54) is 6.07 Å². The molecule has 0 amide bonds. The first-order valence-corrected chi connectivity index (χ1v) is 25.4. The Labute approximate surface area is 436 Å². The molecule has 3 aromatic carbocycles. The van der Waals surface area contributed by atoms with Gasteiger partial charge in [0.2, 0.25) is 27.9 Å². The molecule has 9 aromatic rings. The minimum atomic E-state index is -4.52. The number of sulfonamides is 1. The Hall–Kier alpha value is -7.70. The summed E-state index contributed by atoms with van der Waals surface area (Å²) < 4.78 is 60.7. The molecule has 2 aliphatic rings. The van der Waals surface area contributed by atoms with Crippen molar-refractivity contribution in [2.75, 3.05) is 35.7 Å². The summed E-state index contributed by atoms with van der Waals surface area (Å²) >= 11 is 0.519. The van der Waals surface area contributed by atoms with Crippen molar-refractivity contribution >= 4 is 99.9 Å². The standard InChI is InChI=1S/C30H14N10.C12H17N7O8S3.C2H6.CH4.Cu/c1-3-9-17-15(7-1)23-33-25(17)37-29-22-20(12-6-14-32-22)28(40-29)36-24-16-8-2-4-10-18(16)26(34-24)38-30-21-19(11-5-13-31-21)27(35-23)39-30;1-29(21,22)15-5-4-14-11-17-10(13)18-12(19-11)16-8-6-7(30(23,24)25)2-3-9(8)28-27-26-20;1-2;;/h1-14H;2-3,6,15,20H,4-5H2,1H3,(H,23,24,25)(H4,13,14,16,17,18,19);1-2H3;1H4;/q-2;;;;+2. The molecule has 1 radical (unpaired) electrons. The summed E-state index contributed by atoms with van der Waals surface area (Å²) in [4.78, 5) is 59.4. The fourth-order valence-corrected chi connectivity index (χ4v) is 8.57. The summed E-state index contributed by atoms with van der Waals surface area (Å²) in [6.45, 7) is 4.19. The van der Waals surface area contributed by atoms with Crippen molar-refractivity contribution in [1.29, 1.82) is 0 Å². The zero-order valence-electron chi connectivity index (χ0n) is 38.0. The van der Waals surface area contributed by atoms with Gasteiger partial charge in [-0.2, -0.15) is 23.4 Å². The van der Waals surface area contributed by atoms with Crippen molar-refractivity contribution in [3.05, 3.63) is 103 Å². The van der Waals surface area contributed by atoms with Crippen molar-refractivity contribution < 1.29 is 53.1 Å². The zero-order valence-corrected chi connectivity index (χ0v) is 41.4. The number of hydrogen-bond donors (Lipinski definition) is 6. The molecule has 0 saturated heterocycles. The van der Waals surface area contributed by atoms with Gasteiger partial charge in [-0.1, -0.05) is 74.8 Å². The number of anilines is 4.